The van der Waals surface area contributed by atoms with E-state index in [1.165, 1.54) is 13.0 Å². The van der Waals surface area contributed by atoms with Gasteiger partial charge in [0, 0.05) is 8.95 Å². The summed E-state index contributed by atoms with van der Waals surface area (Å²) in [6.07, 6.45) is 0. The molecule has 0 aliphatic rings. The van der Waals surface area contributed by atoms with Crippen LogP contribution in [0.2, 0.25) is 0 Å². The molecular formula is C10H10Br2N2O3. The average Bonchev–Trinajstić information content (AvgIpc) is 2.20. The number of carbonyl (C=O) groups is 2. The van der Waals surface area contributed by atoms with Gasteiger partial charge in [0.05, 0.1) is 17.3 Å². The van der Waals surface area contributed by atoms with Crippen LogP contribution >= 0.6 is 31.9 Å². The largest absolute Gasteiger partial charge is 0.478 e. The molecule has 0 unspecified atom stereocenters. The van der Waals surface area contributed by atoms with Crippen LogP contribution in [0, 0.1) is 0 Å². The van der Waals surface area contributed by atoms with E-state index in [4.69, 9.17) is 10.8 Å². The molecule has 4 N–H and O–H groups in total. The van der Waals surface area contributed by atoms with Crippen LogP contribution in [0.1, 0.15) is 17.3 Å². The highest BCUT2D eigenvalue weighted by Gasteiger charge is 2.18. The second kappa shape index (κ2) is 5.61. The fourth-order valence-electron chi connectivity index (χ4n) is 1.11. The topological polar surface area (TPSA) is 92.4 Å². The summed E-state index contributed by atoms with van der Waals surface area (Å²) in [6, 6.07) is 2.33. The van der Waals surface area contributed by atoms with E-state index < -0.39 is 17.9 Å². The third-order valence-electron chi connectivity index (χ3n) is 1.95. The lowest BCUT2D eigenvalue weighted by Crippen LogP contribution is -2.33. The molecule has 1 atom stereocenters. The van der Waals surface area contributed by atoms with Crippen LogP contribution in [0.3, 0.4) is 0 Å². The number of nitrogens with one attached hydrogen (secondary N) is 1. The zero-order chi connectivity index (χ0) is 13.2. The molecule has 0 aromatic heterocycles. The first-order valence-electron chi connectivity index (χ1n) is 4.61. The van der Waals surface area contributed by atoms with Crippen molar-refractivity contribution in [3.8, 4) is 0 Å². The van der Waals surface area contributed by atoms with Gasteiger partial charge >= 0.3 is 5.97 Å². The van der Waals surface area contributed by atoms with Crippen molar-refractivity contribution in [3.05, 3.63) is 26.6 Å². The van der Waals surface area contributed by atoms with Gasteiger partial charge in [-0.1, -0.05) is 15.9 Å². The number of rotatable bonds is 3. The van der Waals surface area contributed by atoms with E-state index in [9.17, 15) is 9.59 Å². The summed E-state index contributed by atoms with van der Waals surface area (Å²) < 4.78 is 1.07. The van der Waals surface area contributed by atoms with Gasteiger partial charge in [-0.3, -0.25) is 4.79 Å². The molecule has 0 radical (unpaired) electrons. The molecule has 1 aromatic rings. The van der Waals surface area contributed by atoms with E-state index in [2.05, 4.69) is 37.2 Å². The number of carboxylic acid groups (broad SMARTS) is 1. The van der Waals surface area contributed by atoms with Crippen molar-refractivity contribution in [2.24, 2.45) is 5.73 Å². The van der Waals surface area contributed by atoms with Gasteiger partial charge in [0.2, 0.25) is 5.91 Å². The number of hydrogen-bond acceptors (Lipinski definition) is 3. The lowest BCUT2D eigenvalue weighted by molar-refractivity contribution is -0.117. The summed E-state index contributed by atoms with van der Waals surface area (Å²) in [7, 11) is 0. The molecule has 1 rings (SSSR count). The predicted molar refractivity (Wildman–Crippen MR) is 71.1 cm³/mol. The molecule has 0 spiro atoms. The maximum absolute atomic E-state index is 11.5. The fraction of sp³-hybridized carbons (Fsp3) is 0.200. The van der Waals surface area contributed by atoms with E-state index >= 15 is 0 Å². The molecule has 0 saturated carbocycles. The highest BCUT2D eigenvalue weighted by Crippen LogP contribution is 2.30. The Morgan fingerprint density at radius 2 is 2.00 bits per heavy atom. The van der Waals surface area contributed by atoms with Gasteiger partial charge in [-0.25, -0.2) is 4.79 Å². The first-order chi connectivity index (χ1) is 7.82. The SMILES string of the molecule is C[C@H](N)C(=O)Nc1c(Br)cc(Br)cc1C(=O)O. The highest BCUT2D eigenvalue weighted by molar-refractivity contribution is 9.11. The Kier molecular flexibility index (Phi) is 4.67. The van der Waals surface area contributed by atoms with Crippen LogP contribution in [0.25, 0.3) is 0 Å². The maximum Gasteiger partial charge on any atom is 0.337 e. The molecule has 17 heavy (non-hydrogen) atoms. The molecule has 0 saturated heterocycles. The van der Waals surface area contributed by atoms with Gasteiger partial charge in [-0.15, -0.1) is 0 Å². The molecule has 7 heteroatoms. The number of anilines is 1. The number of amides is 1. The van der Waals surface area contributed by atoms with Crippen LogP contribution in [-0.2, 0) is 4.79 Å². The molecular weight excluding hydrogens is 356 g/mol. The van der Waals surface area contributed by atoms with E-state index in [1.54, 1.807) is 6.07 Å². The third kappa shape index (κ3) is 3.52. The molecule has 0 aliphatic heterocycles. The summed E-state index contributed by atoms with van der Waals surface area (Å²) in [5.74, 6) is -1.58. The second-order valence-electron chi connectivity index (χ2n) is 3.39. The number of aromatic carboxylic acids is 1. The lowest BCUT2D eigenvalue weighted by atomic mass is 10.1. The lowest BCUT2D eigenvalue weighted by Gasteiger charge is -2.12. The van der Waals surface area contributed by atoms with Crippen molar-refractivity contribution in [1.82, 2.24) is 0 Å². The second-order valence-corrected chi connectivity index (χ2v) is 5.16. The first-order valence-corrected chi connectivity index (χ1v) is 6.20. The van der Waals surface area contributed by atoms with Crippen molar-refractivity contribution in [2.75, 3.05) is 5.32 Å². The third-order valence-corrected chi connectivity index (χ3v) is 3.03. The summed E-state index contributed by atoms with van der Waals surface area (Å²) in [5.41, 5.74) is 5.59. The number of carbonyl (C=O) groups excluding carboxylic acids is 1. The molecule has 0 heterocycles. The van der Waals surface area contributed by atoms with Gasteiger partial charge in [-0.2, -0.15) is 0 Å². The van der Waals surface area contributed by atoms with Crippen molar-refractivity contribution in [1.29, 1.82) is 0 Å². The van der Waals surface area contributed by atoms with Crippen LogP contribution in [0.5, 0.6) is 0 Å². The zero-order valence-corrected chi connectivity index (χ0v) is 12.0. The Balaban J connectivity index is 3.22. The van der Waals surface area contributed by atoms with Crippen LogP contribution in [-0.4, -0.2) is 23.0 Å². The number of nitrogens with two attached hydrogens (primary N) is 1. The minimum Gasteiger partial charge on any atom is -0.478 e. The van der Waals surface area contributed by atoms with E-state index in [0.717, 1.165) is 0 Å². The Morgan fingerprint density at radius 3 is 2.47 bits per heavy atom. The summed E-state index contributed by atoms with van der Waals surface area (Å²) >= 11 is 6.37. The number of halogens is 2. The van der Waals surface area contributed by atoms with Crippen molar-refractivity contribution in [3.63, 3.8) is 0 Å². The quantitative estimate of drug-likeness (QED) is 0.765. The van der Waals surface area contributed by atoms with Gasteiger partial charge in [-0.05, 0) is 35.0 Å². The Labute approximate surface area is 115 Å². The number of hydrogen-bond donors (Lipinski definition) is 3. The van der Waals surface area contributed by atoms with Gasteiger partial charge < -0.3 is 16.2 Å². The average molecular weight is 366 g/mol. The van der Waals surface area contributed by atoms with Crippen molar-refractivity contribution < 1.29 is 14.7 Å². The zero-order valence-electron chi connectivity index (χ0n) is 8.83. The number of benzene rings is 1. The Hall–Kier alpha value is -0.920. The maximum atomic E-state index is 11.5. The number of carboxylic acids is 1. The molecule has 0 bridgehead atoms. The molecule has 92 valence electrons. The summed E-state index contributed by atoms with van der Waals surface area (Å²) in [6.45, 7) is 1.52. The Bertz CT molecular complexity index is 475. The molecule has 5 nitrogen and oxygen atoms in total. The fourth-order valence-corrected chi connectivity index (χ4v) is 2.43. The van der Waals surface area contributed by atoms with Gasteiger partial charge in [0.15, 0.2) is 0 Å². The minimum absolute atomic E-state index is 0.0137. The van der Waals surface area contributed by atoms with Gasteiger partial charge in [0.25, 0.3) is 0 Å². The molecule has 1 aromatic carbocycles. The normalized spacial score (nSPS) is 12.0. The highest BCUT2D eigenvalue weighted by atomic mass is 79.9. The first kappa shape index (κ1) is 14.1. The smallest absolute Gasteiger partial charge is 0.337 e. The van der Waals surface area contributed by atoms with Gasteiger partial charge in [0.1, 0.15) is 0 Å². The van der Waals surface area contributed by atoms with E-state index in [-0.39, 0.29) is 11.3 Å². The van der Waals surface area contributed by atoms with Crippen molar-refractivity contribution >= 4 is 49.4 Å². The standard InChI is InChI=1S/C10H10Br2N2O3/c1-4(13)9(15)14-8-6(10(16)17)2-5(11)3-7(8)12/h2-4H,13H2,1H3,(H,14,15)(H,16,17)/t4-/m0/s1. The summed E-state index contributed by atoms with van der Waals surface area (Å²) in [5, 5.41) is 11.5. The van der Waals surface area contributed by atoms with Crippen LogP contribution < -0.4 is 11.1 Å². The van der Waals surface area contributed by atoms with Crippen LogP contribution in [0.4, 0.5) is 5.69 Å². The molecule has 0 aliphatic carbocycles. The van der Waals surface area contributed by atoms with E-state index in [1.807, 2.05) is 0 Å². The Morgan fingerprint density at radius 1 is 1.41 bits per heavy atom. The van der Waals surface area contributed by atoms with Crippen LogP contribution in [0.15, 0.2) is 21.1 Å². The summed E-state index contributed by atoms with van der Waals surface area (Å²) in [4.78, 5) is 22.5. The van der Waals surface area contributed by atoms with Crippen molar-refractivity contribution in [2.45, 2.75) is 13.0 Å². The molecule has 0 fully saturated rings. The predicted octanol–water partition coefficient (Wildman–Crippen LogP) is 2.20. The monoisotopic (exact) mass is 364 g/mol. The molecule has 1 amide bonds. The minimum atomic E-state index is -1.13. The van der Waals surface area contributed by atoms with E-state index in [0.29, 0.717) is 8.95 Å².